The summed E-state index contributed by atoms with van der Waals surface area (Å²) >= 11 is 0. The van der Waals surface area contributed by atoms with Crippen LogP contribution in [0.15, 0.2) is 0 Å². The summed E-state index contributed by atoms with van der Waals surface area (Å²) in [5.41, 5.74) is -1.04. The smallest absolute Gasteiger partial charge is 0.108 e. The summed E-state index contributed by atoms with van der Waals surface area (Å²) in [5.74, 6) is 0. The van der Waals surface area contributed by atoms with Gasteiger partial charge in [0.15, 0.2) is 0 Å². The number of hydrogen-bond donors (Lipinski definition) is 0. The van der Waals surface area contributed by atoms with Gasteiger partial charge >= 0.3 is 0 Å². The van der Waals surface area contributed by atoms with Gasteiger partial charge in [0.2, 0.25) is 0 Å². The molecule has 13 heavy (non-hydrogen) atoms. The number of rotatable bonds is 1. The molecule has 0 atom stereocenters. The molecule has 0 aliphatic heterocycles. The van der Waals surface area contributed by atoms with Crippen molar-refractivity contribution in [3.8, 4) is 0 Å². The topological polar surface area (TPSA) is 9.23 Å². The molecule has 0 aromatic rings. The first-order valence-corrected chi connectivity index (χ1v) is 5.15. The first kappa shape index (κ1) is 11.0. The monoisotopic (exact) mass is 188 g/mol. The highest BCUT2D eigenvalue weighted by atomic mass is 19.1. The van der Waals surface area contributed by atoms with Crippen LogP contribution >= 0.6 is 0 Å². The van der Waals surface area contributed by atoms with Gasteiger partial charge in [0.1, 0.15) is 5.67 Å². The minimum Gasteiger partial charge on any atom is -0.373 e. The fraction of sp³-hybridized carbons (Fsp3) is 1.00. The van der Waals surface area contributed by atoms with Crippen molar-refractivity contribution in [1.82, 2.24) is 0 Å². The third-order valence-corrected chi connectivity index (χ3v) is 2.50. The maximum absolute atomic E-state index is 13.4. The van der Waals surface area contributed by atoms with Crippen LogP contribution in [0.25, 0.3) is 0 Å². The third-order valence-electron chi connectivity index (χ3n) is 2.50. The molecule has 1 nitrogen and oxygen atoms in total. The Morgan fingerprint density at radius 3 is 2.08 bits per heavy atom. The summed E-state index contributed by atoms with van der Waals surface area (Å²) in [6.07, 6.45) is 3.29. The minimum absolute atomic E-state index is 0.0886. The molecule has 0 aromatic heterocycles. The van der Waals surface area contributed by atoms with E-state index in [1.165, 1.54) is 0 Å². The van der Waals surface area contributed by atoms with Crippen LogP contribution in [0.2, 0.25) is 0 Å². The highest BCUT2D eigenvalue weighted by molar-refractivity contribution is 4.83. The Morgan fingerprint density at radius 2 is 1.69 bits per heavy atom. The largest absolute Gasteiger partial charge is 0.373 e. The minimum atomic E-state index is -0.947. The molecular weight excluding hydrogens is 167 g/mol. The van der Waals surface area contributed by atoms with Crippen LogP contribution in [-0.2, 0) is 4.74 Å². The molecule has 1 aliphatic rings. The van der Waals surface area contributed by atoms with Gasteiger partial charge in [-0.3, -0.25) is 0 Å². The Morgan fingerprint density at radius 1 is 1.23 bits per heavy atom. The molecule has 0 radical (unpaired) electrons. The van der Waals surface area contributed by atoms with Crippen LogP contribution in [0.3, 0.4) is 0 Å². The van der Waals surface area contributed by atoms with Gasteiger partial charge in [-0.15, -0.1) is 0 Å². The second-order valence-electron chi connectivity index (χ2n) is 5.34. The van der Waals surface area contributed by atoms with Crippen molar-refractivity contribution in [2.45, 2.75) is 70.8 Å². The maximum Gasteiger partial charge on any atom is 0.108 e. The standard InChI is InChI=1S/C11H21FO/c1-10(2,3)13-9-5-7-11(4,12)8-6-9/h9H,5-8H2,1-4H3. The van der Waals surface area contributed by atoms with Crippen molar-refractivity contribution in [1.29, 1.82) is 0 Å². The average molecular weight is 188 g/mol. The van der Waals surface area contributed by atoms with Crippen molar-refractivity contribution in [3.05, 3.63) is 0 Å². The zero-order valence-corrected chi connectivity index (χ0v) is 9.19. The van der Waals surface area contributed by atoms with Crippen molar-refractivity contribution in [2.24, 2.45) is 0 Å². The molecule has 1 fully saturated rings. The van der Waals surface area contributed by atoms with Crippen LogP contribution < -0.4 is 0 Å². The van der Waals surface area contributed by atoms with E-state index in [1.54, 1.807) is 6.92 Å². The van der Waals surface area contributed by atoms with Crippen molar-refractivity contribution < 1.29 is 9.13 Å². The zero-order chi connectivity index (χ0) is 10.1. The van der Waals surface area contributed by atoms with Gasteiger partial charge in [0.05, 0.1) is 11.7 Å². The Hall–Kier alpha value is -0.110. The second kappa shape index (κ2) is 3.56. The van der Waals surface area contributed by atoms with Crippen LogP contribution in [0, 0.1) is 0 Å². The summed E-state index contributed by atoms with van der Waals surface area (Å²) in [5, 5.41) is 0. The average Bonchev–Trinajstić information content (AvgIpc) is 1.91. The maximum atomic E-state index is 13.4. The van der Waals surface area contributed by atoms with E-state index in [0.717, 1.165) is 12.8 Å². The summed E-state index contributed by atoms with van der Waals surface area (Å²) in [6, 6.07) is 0. The molecule has 2 heteroatoms. The van der Waals surface area contributed by atoms with Crippen molar-refractivity contribution >= 4 is 0 Å². The van der Waals surface area contributed by atoms with Gasteiger partial charge in [-0.25, -0.2) is 4.39 Å². The molecule has 1 aliphatic carbocycles. The van der Waals surface area contributed by atoms with E-state index in [1.807, 2.05) is 0 Å². The number of hydrogen-bond acceptors (Lipinski definition) is 1. The molecule has 0 saturated heterocycles. The van der Waals surface area contributed by atoms with Gasteiger partial charge in [0, 0.05) is 0 Å². The van der Waals surface area contributed by atoms with E-state index in [-0.39, 0.29) is 11.7 Å². The lowest BCUT2D eigenvalue weighted by Crippen LogP contribution is -2.34. The summed E-state index contributed by atoms with van der Waals surface area (Å²) in [7, 11) is 0. The van der Waals surface area contributed by atoms with Crippen LogP contribution in [-0.4, -0.2) is 17.4 Å². The number of ether oxygens (including phenoxy) is 1. The second-order valence-corrected chi connectivity index (χ2v) is 5.34. The van der Waals surface area contributed by atoms with Gasteiger partial charge in [-0.05, 0) is 53.4 Å². The van der Waals surface area contributed by atoms with Crippen LogP contribution in [0.1, 0.15) is 53.4 Å². The molecule has 0 heterocycles. The summed E-state index contributed by atoms with van der Waals surface area (Å²) in [6.45, 7) is 7.85. The van der Waals surface area contributed by atoms with Gasteiger partial charge < -0.3 is 4.74 Å². The fourth-order valence-electron chi connectivity index (χ4n) is 1.81. The molecule has 0 aromatic carbocycles. The number of halogens is 1. The molecule has 0 spiro atoms. The zero-order valence-electron chi connectivity index (χ0n) is 9.19. The molecule has 78 valence electrons. The van der Waals surface area contributed by atoms with E-state index in [2.05, 4.69) is 20.8 Å². The lowest BCUT2D eigenvalue weighted by molar-refractivity contribution is -0.0892. The number of alkyl halides is 1. The van der Waals surface area contributed by atoms with E-state index >= 15 is 0 Å². The summed E-state index contributed by atoms with van der Waals surface area (Å²) < 4.78 is 19.2. The van der Waals surface area contributed by atoms with Crippen LogP contribution in [0.5, 0.6) is 0 Å². The van der Waals surface area contributed by atoms with Gasteiger partial charge in [0.25, 0.3) is 0 Å². The lowest BCUT2D eigenvalue weighted by Gasteiger charge is -2.35. The third kappa shape index (κ3) is 4.08. The molecule has 0 amide bonds. The molecule has 0 unspecified atom stereocenters. The van der Waals surface area contributed by atoms with Crippen molar-refractivity contribution in [3.63, 3.8) is 0 Å². The molecule has 1 rings (SSSR count). The summed E-state index contributed by atoms with van der Waals surface area (Å²) in [4.78, 5) is 0. The van der Waals surface area contributed by atoms with Crippen molar-refractivity contribution in [2.75, 3.05) is 0 Å². The SMILES string of the molecule is CC1(F)CCC(OC(C)(C)C)CC1. The van der Waals surface area contributed by atoms with E-state index in [4.69, 9.17) is 4.74 Å². The molecule has 0 N–H and O–H groups in total. The van der Waals surface area contributed by atoms with E-state index < -0.39 is 5.67 Å². The Kier molecular flexibility index (Phi) is 3.01. The quantitative estimate of drug-likeness (QED) is 0.612. The first-order valence-electron chi connectivity index (χ1n) is 5.15. The highest BCUT2D eigenvalue weighted by Gasteiger charge is 2.32. The predicted octanol–water partition coefficient (Wildman–Crippen LogP) is 3.47. The Balaban J connectivity index is 2.34. The Labute approximate surface area is 80.7 Å². The first-order chi connectivity index (χ1) is 5.79. The van der Waals surface area contributed by atoms with E-state index in [0.29, 0.717) is 12.8 Å². The molecule has 0 bridgehead atoms. The van der Waals surface area contributed by atoms with Crippen LogP contribution in [0.4, 0.5) is 4.39 Å². The molecule has 1 saturated carbocycles. The van der Waals surface area contributed by atoms with Gasteiger partial charge in [-0.2, -0.15) is 0 Å². The predicted molar refractivity (Wildman–Crippen MR) is 52.6 cm³/mol. The fourth-order valence-corrected chi connectivity index (χ4v) is 1.81. The lowest BCUT2D eigenvalue weighted by atomic mass is 9.86. The normalized spacial score (nSPS) is 36.2. The van der Waals surface area contributed by atoms with E-state index in [9.17, 15) is 4.39 Å². The van der Waals surface area contributed by atoms with Gasteiger partial charge in [-0.1, -0.05) is 0 Å². The molecular formula is C11H21FO. The Bertz CT molecular complexity index is 159. The highest BCUT2D eigenvalue weighted by Crippen LogP contribution is 2.33.